The number of benzene rings is 2. The minimum Gasteiger partial charge on any atom is -0.457 e. The Morgan fingerprint density at radius 1 is 1.00 bits per heavy atom. The molecular formula is C18H21NO2. The van der Waals surface area contributed by atoms with Crippen molar-refractivity contribution < 1.29 is 9.84 Å². The number of likely N-dealkylation sites (tertiary alicyclic amines) is 1. The van der Waals surface area contributed by atoms with Crippen LogP contribution in [0.15, 0.2) is 54.6 Å². The summed E-state index contributed by atoms with van der Waals surface area (Å²) in [5, 5.41) is 9.36. The van der Waals surface area contributed by atoms with Crippen molar-refractivity contribution in [3.63, 3.8) is 0 Å². The molecule has 1 aliphatic heterocycles. The molecule has 1 heterocycles. The Kier molecular flexibility index (Phi) is 4.53. The molecule has 1 atom stereocenters. The van der Waals surface area contributed by atoms with Gasteiger partial charge in [-0.1, -0.05) is 30.3 Å². The summed E-state index contributed by atoms with van der Waals surface area (Å²) in [5.41, 5.74) is 1.26. The highest BCUT2D eigenvalue weighted by Gasteiger charge is 2.23. The molecule has 1 fully saturated rings. The maximum absolute atomic E-state index is 9.36. The molecule has 3 heteroatoms. The van der Waals surface area contributed by atoms with Gasteiger partial charge >= 0.3 is 0 Å². The number of para-hydroxylation sites is 1. The van der Waals surface area contributed by atoms with Crippen molar-refractivity contribution in [3.8, 4) is 11.5 Å². The van der Waals surface area contributed by atoms with Crippen LogP contribution in [-0.4, -0.2) is 29.2 Å². The van der Waals surface area contributed by atoms with E-state index in [4.69, 9.17) is 4.74 Å². The summed E-state index contributed by atoms with van der Waals surface area (Å²) in [6, 6.07) is 18.3. The van der Waals surface area contributed by atoms with Crippen molar-refractivity contribution in [2.45, 2.75) is 25.4 Å². The lowest BCUT2D eigenvalue weighted by molar-refractivity contribution is 0.153. The lowest BCUT2D eigenvalue weighted by atomic mass is 10.2. The minimum atomic E-state index is 0.259. The number of hydrogen-bond acceptors (Lipinski definition) is 3. The summed E-state index contributed by atoms with van der Waals surface area (Å²) in [5.74, 6) is 1.70. The molecule has 0 saturated carbocycles. The highest BCUT2D eigenvalue weighted by atomic mass is 16.5. The summed E-state index contributed by atoms with van der Waals surface area (Å²) in [4.78, 5) is 2.35. The highest BCUT2D eigenvalue weighted by Crippen LogP contribution is 2.23. The van der Waals surface area contributed by atoms with Gasteiger partial charge < -0.3 is 9.84 Å². The number of nitrogens with zero attached hydrogens (tertiary/aromatic N) is 1. The molecule has 0 aromatic heterocycles. The molecule has 21 heavy (non-hydrogen) atoms. The molecule has 0 bridgehead atoms. The summed E-state index contributed by atoms with van der Waals surface area (Å²) in [6.45, 7) is 2.24. The third-order valence-electron chi connectivity index (χ3n) is 4.00. The van der Waals surface area contributed by atoms with Gasteiger partial charge in [0.05, 0.1) is 6.61 Å². The van der Waals surface area contributed by atoms with E-state index in [0.29, 0.717) is 6.04 Å². The first-order valence-corrected chi connectivity index (χ1v) is 7.52. The Labute approximate surface area is 125 Å². The van der Waals surface area contributed by atoms with Gasteiger partial charge in [0.25, 0.3) is 0 Å². The molecule has 2 aromatic rings. The third kappa shape index (κ3) is 3.63. The fourth-order valence-corrected chi connectivity index (χ4v) is 2.83. The normalized spacial score (nSPS) is 18.8. The van der Waals surface area contributed by atoms with Crippen molar-refractivity contribution in [3.05, 3.63) is 60.2 Å². The monoisotopic (exact) mass is 283 g/mol. The van der Waals surface area contributed by atoms with Crippen molar-refractivity contribution >= 4 is 0 Å². The minimum absolute atomic E-state index is 0.259. The van der Waals surface area contributed by atoms with E-state index in [9.17, 15) is 5.11 Å². The molecule has 0 aliphatic carbocycles. The number of aliphatic hydroxyl groups is 1. The predicted molar refractivity (Wildman–Crippen MR) is 83.5 cm³/mol. The molecule has 0 spiro atoms. The molecule has 0 radical (unpaired) electrons. The topological polar surface area (TPSA) is 32.7 Å². The van der Waals surface area contributed by atoms with Crippen LogP contribution < -0.4 is 4.74 Å². The molecule has 1 N–H and O–H groups in total. The highest BCUT2D eigenvalue weighted by molar-refractivity contribution is 5.33. The molecule has 1 aliphatic rings. The van der Waals surface area contributed by atoms with Crippen LogP contribution >= 0.6 is 0 Å². The van der Waals surface area contributed by atoms with Gasteiger partial charge in [0.15, 0.2) is 0 Å². The van der Waals surface area contributed by atoms with Gasteiger partial charge in [-0.15, -0.1) is 0 Å². The van der Waals surface area contributed by atoms with E-state index < -0.39 is 0 Å². The molecule has 110 valence electrons. The van der Waals surface area contributed by atoms with E-state index in [1.54, 1.807) is 0 Å². The van der Waals surface area contributed by atoms with Crippen LogP contribution in [0.4, 0.5) is 0 Å². The second-order valence-corrected chi connectivity index (χ2v) is 5.51. The SMILES string of the molecule is OC[C@H]1CCCN1Cc1ccc(Oc2ccccc2)cc1. The first-order valence-electron chi connectivity index (χ1n) is 7.52. The summed E-state index contributed by atoms with van der Waals surface area (Å²) in [6.07, 6.45) is 2.28. The number of hydrogen-bond donors (Lipinski definition) is 1. The number of rotatable bonds is 5. The largest absolute Gasteiger partial charge is 0.457 e. The molecule has 3 rings (SSSR count). The molecule has 3 nitrogen and oxygen atoms in total. The third-order valence-corrected chi connectivity index (χ3v) is 4.00. The Morgan fingerprint density at radius 3 is 2.43 bits per heavy atom. The van der Waals surface area contributed by atoms with Gasteiger partial charge in [-0.05, 0) is 49.2 Å². The summed E-state index contributed by atoms with van der Waals surface area (Å²) < 4.78 is 5.79. The average molecular weight is 283 g/mol. The maximum Gasteiger partial charge on any atom is 0.127 e. The zero-order valence-electron chi connectivity index (χ0n) is 12.1. The van der Waals surface area contributed by atoms with E-state index in [-0.39, 0.29) is 6.61 Å². The van der Waals surface area contributed by atoms with E-state index in [1.807, 2.05) is 42.5 Å². The van der Waals surface area contributed by atoms with Crippen LogP contribution in [0, 0.1) is 0 Å². The fraction of sp³-hybridized carbons (Fsp3) is 0.333. The first-order chi connectivity index (χ1) is 10.3. The van der Waals surface area contributed by atoms with E-state index in [2.05, 4.69) is 17.0 Å². The average Bonchev–Trinajstić information content (AvgIpc) is 2.97. The Hall–Kier alpha value is -1.84. The Morgan fingerprint density at radius 2 is 1.71 bits per heavy atom. The van der Waals surface area contributed by atoms with Gasteiger partial charge in [-0.25, -0.2) is 0 Å². The van der Waals surface area contributed by atoms with Gasteiger partial charge in [0.1, 0.15) is 11.5 Å². The molecule has 0 unspecified atom stereocenters. The first kappa shape index (κ1) is 14.1. The van der Waals surface area contributed by atoms with Crippen LogP contribution in [0.25, 0.3) is 0 Å². The Balaban J connectivity index is 1.61. The molecular weight excluding hydrogens is 262 g/mol. The second kappa shape index (κ2) is 6.74. The van der Waals surface area contributed by atoms with Gasteiger partial charge in [0.2, 0.25) is 0 Å². The van der Waals surface area contributed by atoms with E-state index >= 15 is 0 Å². The van der Waals surface area contributed by atoms with Crippen molar-refractivity contribution in [2.24, 2.45) is 0 Å². The van der Waals surface area contributed by atoms with Crippen molar-refractivity contribution in [2.75, 3.05) is 13.2 Å². The quantitative estimate of drug-likeness (QED) is 0.912. The predicted octanol–water partition coefficient (Wildman–Crippen LogP) is 3.44. The van der Waals surface area contributed by atoms with Gasteiger partial charge in [-0.3, -0.25) is 4.90 Å². The van der Waals surface area contributed by atoms with Crippen molar-refractivity contribution in [1.82, 2.24) is 4.90 Å². The van der Waals surface area contributed by atoms with E-state index in [1.165, 1.54) is 12.0 Å². The van der Waals surface area contributed by atoms with Crippen molar-refractivity contribution in [1.29, 1.82) is 0 Å². The Bertz CT molecular complexity index is 553. The molecule has 2 aromatic carbocycles. The summed E-state index contributed by atoms with van der Waals surface area (Å²) >= 11 is 0. The molecule has 0 amide bonds. The lowest BCUT2D eigenvalue weighted by Crippen LogP contribution is -2.31. The maximum atomic E-state index is 9.36. The van der Waals surface area contributed by atoms with E-state index in [0.717, 1.165) is 31.0 Å². The number of ether oxygens (including phenoxy) is 1. The zero-order chi connectivity index (χ0) is 14.5. The fourth-order valence-electron chi connectivity index (χ4n) is 2.83. The van der Waals surface area contributed by atoms with Crippen LogP contribution in [0.2, 0.25) is 0 Å². The van der Waals surface area contributed by atoms with Crippen LogP contribution in [-0.2, 0) is 6.54 Å². The van der Waals surface area contributed by atoms with Crippen LogP contribution in [0.5, 0.6) is 11.5 Å². The van der Waals surface area contributed by atoms with Crippen LogP contribution in [0.1, 0.15) is 18.4 Å². The standard InChI is InChI=1S/C18H21NO2/c20-14-16-5-4-12-19(16)13-15-8-10-18(11-9-15)21-17-6-2-1-3-7-17/h1-3,6-11,16,20H,4-5,12-14H2/t16-/m1/s1. The lowest BCUT2D eigenvalue weighted by Gasteiger charge is -2.22. The van der Waals surface area contributed by atoms with Gasteiger partial charge in [0, 0.05) is 12.6 Å². The smallest absolute Gasteiger partial charge is 0.127 e. The van der Waals surface area contributed by atoms with Gasteiger partial charge in [-0.2, -0.15) is 0 Å². The second-order valence-electron chi connectivity index (χ2n) is 5.51. The molecule has 1 saturated heterocycles. The van der Waals surface area contributed by atoms with Crippen LogP contribution in [0.3, 0.4) is 0 Å². The number of aliphatic hydroxyl groups excluding tert-OH is 1. The summed E-state index contributed by atoms with van der Waals surface area (Å²) in [7, 11) is 0. The zero-order valence-corrected chi connectivity index (χ0v) is 12.1.